The molecule has 0 saturated carbocycles. The van der Waals surface area contributed by atoms with Crippen molar-refractivity contribution in [1.29, 1.82) is 0 Å². The van der Waals surface area contributed by atoms with E-state index in [1.165, 1.54) is 0 Å². The van der Waals surface area contributed by atoms with Crippen LogP contribution < -0.4 is 10.6 Å². The van der Waals surface area contributed by atoms with E-state index in [1.807, 2.05) is 23.6 Å². The van der Waals surface area contributed by atoms with Crippen LogP contribution in [0.3, 0.4) is 0 Å². The van der Waals surface area contributed by atoms with Crippen LogP contribution in [0.25, 0.3) is 10.9 Å². The van der Waals surface area contributed by atoms with E-state index < -0.39 is 27.8 Å². The van der Waals surface area contributed by atoms with Crippen LogP contribution in [0.4, 0.5) is 16.2 Å². The van der Waals surface area contributed by atoms with Gasteiger partial charge in [-0.25, -0.2) is 13.2 Å². The second-order valence-electron chi connectivity index (χ2n) is 10.7. The van der Waals surface area contributed by atoms with Crippen LogP contribution in [0.5, 0.6) is 0 Å². The van der Waals surface area contributed by atoms with E-state index >= 15 is 0 Å². The van der Waals surface area contributed by atoms with Gasteiger partial charge in [-0.3, -0.25) is 10.1 Å². The van der Waals surface area contributed by atoms with Crippen molar-refractivity contribution >= 4 is 44.3 Å². The number of hydrogen-bond acceptors (Lipinski definition) is 5. The van der Waals surface area contributed by atoms with Crippen LogP contribution in [0.15, 0.2) is 53.6 Å². The summed E-state index contributed by atoms with van der Waals surface area (Å²) in [6, 6.07) is 11.5. The lowest BCUT2D eigenvalue weighted by molar-refractivity contribution is -0.118. The summed E-state index contributed by atoms with van der Waals surface area (Å²) in [5.41, 5.74) is 2.05. The summed E-state index contributed by atoms with van der Waals surface area (Å²) in [6.45, 7) is 10.1. The number of nitrogens with zero attached hydrogens (tertiary/aromatic N) is 2. The Morgan fingerprint density at radius 1 is 0.974 bits per heavy atom. The number of amides is 2. The van der Waals surface area contributed by atoms with Gasteiger partial charge in [0.2, 0.25) is 15.9 Å². The molecule has 9 nitrogen and oxygen atoms in total. The molecule has 2 heterocycles. The van der Waals surface area contributed by atoms with Crippen molar-refractivity contribution in [3.05, 3.63) is 54.2 Å². The van der Waals surface area contributed by atoms with Crippen LogP contribution in [0.2, 0.25) is 0 Å². The minimum absolute atomic E-state index is 0.245. The molecule has 1 fully saturated rings. The molecule has 1 saturated heterocycles. The molecule has 204 valence electrons. The number of fused-ring (bicyclic) bond motifs is 1. The summed E-state index contributed by atoms with van der Waals surface area (Å²) < 4.78 is 34.9. The zero-order chi connectivity index (χ0) is 27.7. The largest absolute Gasteiger partial charge is 0.444 e. The van der Waals surface area contributed by atoms with Crippen LogP contribution >= 0.6 is 0 Å². The fourth-order valence-electron chi connectivity index (χ4n) is 4.51. The fourth-order valence-corrected chi connectivity index (χ4v) is 6.07. The Balaban J connectivity index is 1.50. The highest BCUT2D eigenvalue weighted by atomic mass is 32.2. The molecule has 1 unspecified atom stereocenters. The third kappa shape index (κ3) is 6.19. The van der Waals surface area contributed by atoms with Gasteiger partial charge in [0, 0.05) is 41.6 Å². The van der Waals surface area contributed by atoms with Crippen LogP contribution in [-0.4, -0.2) is 48.0 Å². The van der Waals surface area contributed by atoms with Crippen LogP contribution in [0.1, 0.15) is 58.6 Å². The molecule has 1 aliphatic rings. The highest BCUT2D eigenvalue weighted by Crippen LogP contribution is 2.28. The first kappa shape index (κ1) is 27.7. The summed E-state index contributed by atoms with van der Waals surface area (Å²) >= 11 is 0. The van der Waals surface area contributed by atoms with Crippen molar-refractivity contribution in [2.45, 2.75) is 70.4 Å². The van der Waals surface area contributed by atoms with Crippen molar-refractivity contribution in [3.8, 4) is 0 Å². The van der Waals surface area contributed by atoms with E-state index in [0.29, 0.717) is 24.5 Å². The lowest BCUT2D eigenvalue weighted by Crippen LogP contribution is -2.35. The molecular weight excluding hydrogens is 504 g/mol. The van der Waals surface area contributed by atoms with Gasteiger partial charge in [-0.05, 0) is 89.4 Å². The second kappa shape index (κ2) is 10.8. The van der Waals surface area contributed by atoms with Gasteiger partial charge >= 0.3 is 6.09 Å². The molecule has 0 aliphatic carbocycles. The van der Waals surface area contributed by atoms with Gasteiger partial charge in [-0.1, -0.05) is 12.5 Å². The number of aryl methyl sites for hydroxylation is 1. The van der Waals surface area contributed by atoms with Crippen molar-refractivity contribution in [2.75, 3.05) is 23.7 Å². The standard InChI is InChI=1S/C28H36N4O5S/c1-19-9-10-22(29-27(34)37-28(3,4)5)18-24(19)30-26(33)20(2)32-16-13-21-17-23(11-12-25(21)32)38(35,36)31-14-7-6-8-15-31/h9-13,16-18,20H,6-8,14-15H2,1-5H3,(H,29,34)(H,30,33). The number of piperidine rings is 1. The van der Waals surface area contributed by atoms with Crippen molar-refractivity contribution in [3.63, 3.8) is 0 Å². The summed E-state index contributed by atoms with van der Waals surface area (Å²) in [6.07, 6.45) is 4.03. The number of carbonyl (C=O) groups excluding carboxylic acids is 2. The number of hydrogen-bond donors (Lipinski definition) is 2. The Morgan fingerprint density at radius 2 is 1.68 bits per heavy atom. The van der Waals surface area contributed by atoms with Gasteiger partial charge in [0.15, 0.2) is 0 Å². The molecule has 10 heteroatoms. The molecule has 0 radical (unpaired) electrons. The van der Waals surface area contributed by atoms with E-state index in [0.717, 1.165) is 35.7 Å². The number of aromatic nitrogens is 1. The van der Waals surface area contributed by atoms with Crippen LogP contribution in [-0.2, 0) is 19.6 Å². The Labute approximate surface area is 224 Å². The number of anilines is 2. The van der Waals surface area contributed by atoms with Crippen molar-refractivity contribution in [1.82, 2.24) is 8.87 Å². The quantitative estimate of drug-likeness (QED) is 0.419. The van der Waals surface area contributed by atoms with E-state index in [-0.39, 0.29) is 10.8 Å². The SMILES string of the molecule is Cc1ccc(NC(=O)OC(C)(C)C)cc1NC(=O)C(C)n1ccc2cc(S(=O)(=O)N3CCCCC3)ccc21. The average molecular weight is 541 g/mol. The molecule has 0 spiro atoms. The summed E-state index contributed by atoms with van der Waals surface area (Å²) in [5, 5.41) is 6.39. The van der Waals surface area contributed by atoms with Crippen LogP contribution in [0, 0.1) is 6.92 Å². The summed E-state index contributed by atoms with van der Waals surface area (Å²) in [7, 11) is -3.54. The molecule has 4 rings (SSSR count). The van der Waals surface area contributed by atoms with E-state index in [2.05, 4.69) is 10.6 Å². The Morgan fingerprint density at radius 3 is 2.37 bits per heavy atom. The van der Waals surface area contributed by atoms with Gasteiger partial charge in [0.05, 0.1) is 4.90 Å². The van der Waals surface area contributed by atoms with E-state index in [1.54, 1.807) is 68.5 Å². The van der Waals surface area contributed by atoms with Gasteiger partial charge in [-0.15, -0.1) is 0 Å². The number of sulfonamides is 1. The molecule has 38 heavy (non-hydrogen) atoms. The van der Waals surface area contributed by atoms with Gasteiger partial charge in [0.25, 0.3) is 0 Å². The number of rotatable bonds is 6. The van der Waals surface area contributed by atoms with Crippen molar-refractivity contribution in [2.24, 2.45) is 0 Å². The maximum atomic E-state index is 13.2. The Hall–Kier alpha value is -3.37. The molecule has 2 aromatic carbocycles. The summed E-state index contributed by atoms with van der Waals surface area (Å²) in [4.78, 5) is 25.6. The topological polar surface area (TPSA) is 110 Å². The monoisotopic (exact) mass is 540 g/mol. The zero-order valence-corrected chi connectivity index (χ0v) is 23.4. The maximum Gasteiger partial charge on any atom is 0.412 e. The first-order valence-corrected chi connectivity index (χ1v) is 14.3. The highest BCUT2D eigenvalue weighted by Gasteiger charge is 2.27. The average Bonchev–Trinajstić information content (AvgIpc) is 3.28. The highest BCUT2D eigenvalue weighted by molar-refractivity contribution is 7.89. The molecule has 2 N–H and O–H groups in total. The van der Waals surface area contributed by atoms with E-state index in [9.17, 15) is 18.0 Å². The second-order valence-corrected chi connectivity index (χ2v) is 12.7. The molecule has 3 aromatic rings. The number of nitrogens with one attached hydrogen (secondary N) is 2. The third-order valence-corrected chi connectivity index (χ3v) is 8.48. The zero-order valence-electron chi connectivity index (χ0n) is 22.6. The molecular formula is C28H36N4O5S. The Bertz CT molecular complexity index is 1450. The molecule has 2 amide bonds. The smallest absolute Gasteiger partial charge is 0.412 e. The number of ether oxygens (including phenoxy) is 1. The minimum Gasteiger partial charge on any atom is -0.444 e. The molecule has 0 bridgehead atoms. The van der Waals surface area contributed by atoms with Gasteiger partial charge < -0.3 is 14.6 Å². The first-order valence-electron chi connectivity index (χ1n) is 12.9. The molecule has 1 atom stereocenters. The Kier molecular flexibility index (Phi) is 7.85. The van der Waals surface area contributed by atoms with E-state index in [4.69, 9.17) is 4.74 Å². The normalized spacial score (nSPS) is 15.7. The summed E-state index contributed by atoms with van der Waals surface area (Å²) in [5.74, 6) is -0.245. The molecule has 1 aliphatic heterocycles. The fraction of sp³-hybridized carbons (Fsp3) is 0.429. The first-order chi connectivity index (χ1) is 17.8. The minimum atomic E-state index is -3.54. The lowest BCUT2D eigenvalue weighted by atomic mass is 10.1. The van der Waals surface area contributed by atoms with Gasteiger partial charge in [0.1, 0.15) is 11.6 Å². The van der Waals surface area contributed by atoms with Gasteiger partial charge in [-0.2, -0.15) is 4.31 Å². The maximum absolute atomic E-state index is 13.2. The molecule has 1 aromatic heterocycles. The lowest BCUT2D eigenvalue weighted by Gasteiger charge is -2.26. The number of carbonyl (C=O) groups is 2. The number of benzene rings is 2. The predicted molar refractivity (Wildman–Crippen MR) is 149 cm³/mol. The predicted octanol–water partition coefficient (Wildman–Crippen LogP) is 5.67. The van der Waals surface area contributed by atoms with Crippen molar-refractivity contribution < 1.29 is 22.7 Å². The third-order valence-electron chi connectivity index (χ3n) is 6.58.